The summed E-state index contributed by atoms with van der Waals surface area (Å²) in [5, 5.41) is 13.3. The largest absolute Gasteiger partial charge is 0.504 e. The predicted octanol–water partition coefficient (Wildman–Crippen LogP) is 3.38. The van der Waals surface area contributed by atoms with Crippen LogP contribution in [0.2, 0.25) is 5.02 Å². The van der Waals surface area contributed by atoms with Gasteiger partial charge in [-0.05, 0) is 42.8 Å². The number of halogens is 1. The van der Waals surface area contributed by atoms with Crippen molar-refractivity contribution in [3.8, 4) is 11.5 Å². The maximum Gasteiger partial charge on any atom is 0.288 e. The van der Waals surface area contributed by atoms with Gasteiger partial charge in [-0.2, -0.15) is 0 Å². The van der Waals surface area contributed by atoms with Gasteiger partial charge in [-0.15, -0.1) is 0 Å². The molecule has 1 aromatic heterocycles. The number of phenolic OH excluding ortho intramolecular Hbond substituents is 1. The van der Waals surface area contributed by atoms with Crippen LogP contribution in [0.3, 0.4) is 0 Å². The lowest BCUT2D eigenvalue weighted by atomic mass is 9.99. The van der Waals surface area contributed by atoms with Crippen molar-refractivity contribution in [2.45, 2.75) is 13.0 Å². The van der Waals surface area contributed by atoms with Crippen LogP contribution in [0.4, 0.5) is 0 Å². The van der Waals surface area contributed by atoms with Crippen molar-refractivity contribution in [3.63, 3.8) is 0 Å². The molecule has 0 radical (unpaired) electrons. The van der Waals surface area contributed by atoms with Gasteiger partial charge in [-0.1, -0.05) is 17.7 Å². The van der Waals surface area contributed by atoms with E-state index in [1.807, 2.05) is 0 Å². The third-order valence-corrected chi connectivity index (χ3v) is 4.51. The second-order valence-corrected chi connectivity index (χ2v) is 6.32. The summed E-state index contributed by atoms with van der Waals surface area (Å²) in [6, 6.07) is 8.66. The number of rotatable bonds is 3. The topological polar surface area (TPSA) is 88.8 Å². The SMILES string of the molecule is CCOc1cc(C2NC(=O)c3oc4ccc(Cl)cc4c(=O)c32)ccc1O. The average Bonchev–Trinajstić information content (AvgIpc) is 2.95. The third kappa shape index (κ3) is 2.50. The zero-order valence-electron chi connectivity index (χ0n) is 13.7. The van der Waals surface area contributed by atoms with E-state index in [0.29, 0.717) is 28.2 Å². The molecule has 0 aliphatic carbocycles. The fourth-order valence-electron chi connectivity index (χ4n) is 3.11. The lowest BCUT2D eigenvalue weighted by molar-refractivity contribution is 0.0938. The number of carbonyl (C=O) groups is 1. The van der Waals surface area contributed by atoms with Crippen LogP contribution < -0.4 is 15.5 Å². The number of benzene rings is 2. The summed E-state index contributed by atoms with van der Waals surface area (Å²) in [7, 11) is 0. The summed E-state index contributed by atoms with van der Waals surface area (Å²) in [5.74, 6) is -0.218. The number of hydrogen-bond acceptors (Lipinski definition) is 5. The maximum absolute atomic E-state index is 13.0. The number of fused-ring (bicyclic) bond motifs is 2. The first-order valence-corrected chi connectivity index (χ1v) is 8.40. The summed E-state index contributed by atoms with van der Waals surface area (Å²) in [6.45, 7) is 2.17. The number of phenols is 1. The molecule has 4 rings (SSSR count). The molecule has 3 aromatic rings. The molecule has 26 heavy (non-hydrogen) atoms. The van der Waals surface area contributed by atoms with Gasteiger partial charge in [-0.25, -0.2) is 0 Å². The number of ether oxygens (including phenoxy) is 1. The van der Waals surface area contributed by atoms with Crippen molar-refractivity contribution < 1.29 is 19.1 Å². The summed E-state index contributed by atoms with van der Waals surface area (Å²) < 4.78 is 11.0. The van der Waals surface area contributed by atoms with E-state index >= 15 is 0 Å². The zero-order valence-corrected chi connectivity index (χ0v) is 14.5. The highest BCUT2D eigenvalue weighted by atomic mass is 35.5. The van der Waals surface area contributed by atoms with Gasteiger partial charge in [0, 0.05) is 5.02 Å². The molecule has 0 saturated heterocycles. The molecule has 6 nitrogen and oxygen atoms in total. The van der Waals surface area contributed by atoms with Crippen LogP contribution in [0.5, 0.6) is 11.5 Å². The lowest BCUT2D eigenvalue weighted by Gasteiger charge is -2.14. The van der Waals surface area contributed by atoms with Crippen molar-refractivity contribution >= 4 is 28.5 Å². The van der Waals surface area contributed by atoms with E-state index in [9.17, 15) is 14.7 Å². The van der Waals surface area contributed by atoms with E-state index in [1.54, 1.807) is 31.2 Å². The van der Waals surface area contributed by atoms with Crippen molar-refractivity contribution in [2.75, 3.05) is 6.61 Å². The number of nitrogens with one attached hydrogen (secondary N) is 1. The van der Waals surface area contributed by atoms with Gasteiger partial charge < -0.3 is 19.6 Å². The molecule has 2 N–H and O–H groups in total. The molecule has 0 bridgehead atoms. The van der Waals surface area contributed by atoms with Gasteiger partial charge in [-0.3, -0.25) is 9.59 Å². The molecule has 1 atom stereocenters. The Labute approximate surface area is 153 Å². The standard InChI is InChI=1S/C19H14ClNO5/c1-2-25-14-7-9(3-5-12(14)22)16-15-17(23)11-8-10(20)4-6-13(11)26-18(15)19(24)21-16/h3-8,16,22H,2H2,1H3,(H,21,24). The van der Waals surface area contributed by atoms with Crippen LogP contribution in [0.25, 0.3) is 11.0 Å². The lowest BCUT2D eigenvalue weighted by Crippen LogP contribution is -2.22. The second kappa shape index (κ2) is 6.07. The first kappa shape index (κ1) is 16.5. The van der Waals surface area contributed by atoms with Crippen molar-refractivity contribution in [1.29, 1.82) is 0 Å². The minimum Gasteiger partial charge on any atom is -0.504 e. The Morgan fingerprint density at radius 2 is 2.04 bits per heavy atom. The summed E-state index contributed by atoms with van der Waals surface area (Å²) in [4.78, 5) is 25.3. The van der Waals surface area contributed by atoms with Gasteiger partial charge in [0.05, 0.1) is 23.6 Å². The Bertz CT molecular complexity index is 1110. The highest BCUT2D eigenvalue weighted by molar-refractivity contribution is 6.31. The molecule has 2 heterocycles. The Balaban J connectivity index is 1.92. The zero-order chi connectivity index (χ0) is 18.4. The molecule has 2 aromatic carbocycles. The van der Waals surface area contributed by atoms with E-state index in [-0.39, 0.29) is 28.3 Å². The van der Waals surface area contributed by atoms with Crippen LogP contribution in [-0.4, -0.2) is 17.6 Å². The molecule has 1 unspecified atom stereocenters. The summed E-state index contributed by atoms with van der Waals surface area (Å²) >= 11 is 5.99. The highest BCUT2D eigenvalue weighted by Crippen LogP contribution is 2.35. The van der Waals surface area contributed by atoms with Crippen LogP contribution in [0.1, 0.15) is 34.6 Å². The van der Waals surface area contributed by atoms with Gasteiger partial charge >= 0.3 is 0 Å². The third-order valence-electron chi connectivity index (χ3n) is 4.27. The second-order valence-electron chi connectivity index (χ2n) is 5.88. The molecule has 7 heteroatoms. The van der Waals surface area contributed by atoms with Crippen LogP contribution in [0, 0.1) is 0 Å². The number of hydrogen-bond donors (Lipinski definition) is 2. The predicted molar refractivity (Wildman–Crippen MR) is 96.1 cm³/mol. The quantitative estimate of drug-likeness (QED) is 0.736. The minimum absolute atomic E-state index is 0.0131. The Morgan fingerprint density at radius 3 is 2.81 bits per heavy atom. The summed E-state index contributed by atoms with van der Waals surface area (Å²) in [5.41, 5.74) is 0.803. The van der Waals surface area contributed by atoms with Gasteiger partial charge in [0.1, 0.15) is 5.58 Å². The smallest absolute Gasteiger partial charge is 0.288 e. The fraction of sp³-hybridized carbons (Fsp3) is 0.158. The fourth-order valence-corrected chi connectivity index (χ4v) is 3.28. The summed E-state index contributed by atoms with van der Waals surface area (Å²) in [6.07, 6.45) is 0. The van der Waals surface area contributed by atoms with Gasteiger partial charge in [0.25, 0.3) is 5.91 Å². The molecule has 1 aliphatic rings. The number of carbonyl (C=O) groups excluding carboxylic acids is 1. The first-order valence-electron chi connectivity index (χ1n) is 8.02. The van der Waals surface area contributed by atoms with E-state index in [2.05, 4.69) is 5.32 Å². The van der Waals surface area contributed by atoms with Crippen molar-refractivity contribution in [3.05, 3.63) is 68.5 Å². The van der Waals surface area contributed by atoms with Gasteiger partial charge in [0.2, 0.25) is 5.76 Å². The van der Waals surface area contributed by atoms with E-state index in [4.69, 9.17) is 20.8 Å². The van der Waals surface area contributed by atoms with Crippen molar-refractivity contribution in [1.82, 2.24) is 5.32 Å². The molecule has 1 amide bonds. The number of amides is 1. The normalized spacial score (nSPS) is 15.8. The minimum atomic E-state index is -0.697. The average molecular weight is 372 g/mol. The maximum atomic E-state index is 13.0. The number of aromatic hydroxyl groups is 1. The first-order chi connectivity index (χ1) is 12.5. The molecule has 1 aliphatic heterocycles. The molecule has 0 spiro atoms. The Morgan fingerprint density at radius 1 is 1.23 bits per heavy atom. The molecule has 132 valence electrons. The van der Waals surface area contributed by atoms with E-state index in [1.165, 1.54) is 12.1 Å². The Hall–Kier alpha value is -2.99. The monoisotopic (exact) mass is 371 g/mol. The van der Waals surface area contributed by atoms with Crippen LogP contribution in [-0.2, 0) is 0 Å². The van der Waals surface area contributed by atoms with Crippen LogP contribution in [0.15, 0.2) is 45.6 Å². The van der Waals surface area contributed by atoms with Crippen molar-refractivity contribution in [2.24, 2.45) is 0 Å². The van der Waals surface area contributed by atoms with E-state index in [0.717, 1.165) is 0 Å². The van der Waals surface area contributed by atoms with Gasteiger partial charge in [0.15, 0.2) is 16.9 Å². The highest BCUT2D eigenvalue weighted by Gasteiger charge is 2.36. The Kier molecular flexibility index (Phi) is 3.85. The van der Waals surface area contributed by atoms with E-state index < -0.39 is 11.9 Å². The molecule has 0 fully saturated rings. The molecular formula is C19H14ClNO5. The molecular weight excluding hydrogens is 358 g/mol. The molecule has 0 saturated carbocycles. The van der Waals surface area contributed by atoms with Crippen LogP contribution >= 0.6 is 11.6 Å².